The van der Waals surface area contributed by atoms with E-state index in [9.17, 15) is 9.59 Å². The third kappa shape index (κ3) is 4.44. The monoisotopic (exact) mass is 502 g/mol. The van der Waals surface area contributed by atoms with Crippen LogP contribution < -0.4 is 5.32 Å². The van der Waals surface area contributed by atoms with Crippen molar-refractivity contribution in [1.29, 1.82) is 0 Å². The van der Waals surface area contributed by atoms with Crippen LogP contribution in [0.1, 0.15) is 64.1 Å². The van der Waals surface area contributed by atoms with Crippen molar-refractivity contribution in [3.8, 4) is 11.5 Å². The number of fused-ring (bicyclic) bond motifs is 2. The summed E-state index contributed by atoms with van der Waals surface area (Å²) in [6.07, 6.45) is 2.70. The molecule has 1 aliphatic rings. The maximum atomic E-state index is 13.7. The van der Waals surface area contributed by atoms with Crippen LogP contribution in [0.4, 0.5) is 5.00 Å². The highest BCUT2D eigenvalue weighted by molar-refractivity contribution is 7.17. The van der Waals surface area contributed by atoms with E-state index in [2.05, 4.69) is 26.1 Å². The highest BCUT2D eigenvalue weighted by Crippen LogP contribution is 2.44. The topological polar surface area (TPSA) is 81.4 Å². The smallest absolute Gasteiger partial charge is 0.341 e. The standard InChI is InChI=1S/C29H30N2O4S/c1-16-10-13-23(35-16)22-15-20(18-8-6-7-9-21(18)30-22)26(32)31-27-25(28(33)34-5)19-12-11-17(29(2,3)4)14-24(19)36-27/h6-10,13,15,17H,11-12,14H2,1-5H3,(H,31,32)/t17-/m0/s1. The minimum absolute atomic E-state index is 0.174. The van der Waals surface area contributed by atoms with Gasteiger partial charge in [-0.15, -0.1) is 11.3 Å². The molecule has 0 saturated carbocycles. The number of carbonyl (C=O) groups excluding carboxylic acids is 2. The Balaban J connectivity index is 1.56. The zero-order valence-electron chi connectivity index (χ0n) is 21.2. The number of methoxy groups -OCH3 is 1. The molecule has 1 aromatic carbocycles. The Kier molecular flexibility index (Phi) is 6.20. The van der Waals surface area contributed by atoms with E-state index < -0.39 is 5.97 Å². The Bertz CT molecular complexity index is 1470. The van der Waals surface area contributed by atoms with E-state index in [-0.39, 0.29) is 11.3 Å². The number of aryl methyl sites for hydroxylation is 1. The van der Waals surface area contributed by atoms with E-state index in [0.717, 1.165) is 40.8 Å². The molecule has 0 spiro atoms. The summed E-state index contributed by atoms with van der Waals surface area (Å²) < 4.78 is 10.9. The van der Waals surface area contributed by atoms with Crippen LogP contribution in [0, 0.1) is 18.3 Å². The van der Waals surface area contributed by atoms with Crippen molar-refractivity contribution in [2.24, 2.45) is 11.3 Å². The number of esters is 1. The molecule has 0 bridgehead atoms. The van der Waals surface area contributed by atoms with Crippen LogP contribution in [-0.2, 0) is 17.6 Å². The van der Waals surface area contributed by atoms with Crippen molar-refractivity contribution >= 4 is 39.1 Å². The quantitative estimate of drug-likeness (QED) is 0.302. The fourth-order valence-electron chi connectivity index (χ4n) is 4.96. The van der Waals surface area contributed by atoms with Gasteiger partial charge < -0.3 is 14.5 Å². The Labute approximate surface area is 214 Å². The number of thiophene rings is 1. The summed E-state index contributed by atoms with van der Waals surface area (Å²) in [7, 11) is 1.38. The second-order valence-corrected chi connectivity index (χ2v) is 11.5. The molecule has 0 fully saturated rings. The Morgan fingerprint density at radius 3 is 2.64 bits per heavy atom. The number of para-hydroxylation sites is 1. The number of hydrogen-bond donors (Lipinski definition) is 1. The van der Waals surface area contributed by atoms with Gasteiger partial charge >= 0.3 is 5.97 Å². The molecule has 1 aliphatic carbocycles. The fraction of sp³-hybridized carbons (Fsp3) is 0.345. The molecule has 0 aliphatic heterocycles. The summed E-state index contributed by atoms with van der Waals surface area (Å²) in [6, 6.07) is 13.0. The van der Waals surface area contributed by atoms with Gasteiger partial charge in [-0.3, -0.25) is 4.79 Å². The molecule has 1 atom stereocenters. The molecule has 36 heavy (non-hydrogen) atoms. The normalized spacial score (nSPS) is 15.5. The number of nitrogens with zero attached hydrogens (tertiary/aromatic N) is 1. The maximum Gasteiger partial charge on any atom is 0.341 e. The molecule has 6 nitrogen and oxygen atoms in total. The highest BCUT2D eigenvalue weighted by Gasteiger charge is 2.34. The molecule has 0 radical (unpaired) electrons. The van der Waals surface area contributed by atoms with Crippen LogP contribution >= 0.6 is 11.3 Å². The van der Waals surface area contributed by atoms with Gasteiger partial charge in [0.1, 0.15) is 16.5 Å². The lowest BCUT2D eigenvalue weighted by Crippen LogP contribution is -2.26. The summed E-state index contributed by atoms with van der Waals surface area (Å²) in [5, 5.41) is 4.33. The first-order valence-corrected chi connectivity index (χ1v) is 13.0. The lowest BCUT2D eigenvalue weighted by Gasteiger charge is -2.33. The van der Waals surface area contributed by atoms with Crippen LogP contribution in [0.2, 0.25) is 0 Å². The molecule has 3 aromatic heterocycles. The second-order valence-electron chi connectivity index (χ2n) is 10.4. The van der Waals surface area contributed by atoms with Crippen molar-refractivity contribution in [2.45, 2.75) is 47.0 Å². The minimum atomic E-state index is -0.414. The van der Waals surface area contributed by atoms with E-state index in [1.807, 2.05) is 43.3 Å². The third-order valence-corrected chi connectivity index (χ3v) is 8.23. The van der Waals surface area contributed by atoms with Crippen molar-refractivity contribution in [1.82, 2.24) is 4.98 Å². The van der Waals surface area contributed by atoms with Gasteiger partial charge in [0.2, 0.25) is 0 Å². The summed E-state index contributed by atoms with van der Waals surface area (Å²) in [6.45, 7) is 8.64. The van der Waals surface area contributed by atoms with Crippen LogP contribution in [0.5, 0.6) is 0 Å². The fourth-order valence-corrected chi connectivity index (χ4v) is 6.27. The van der Waals surface area contributed by atoms with E-state index >= 15 is 0 Å². The molecular formula is C29H30N2O4S. The van der Waals surface area contributed by atoms with E-state index in [1.165, 1.54) is 18.4 Å². The number of ether oxygens (including phenoxy) is 1. The number of aromatic nitrogens is 1. The van der Waals surface area contributed by atoms with Crippen LogP contribution in [-0.4, -0.2) is 24.0 Å². The molecule has 0 unspecified atom stereocenters. The Morgan fingerprint density at radius 1 is 1.17 bits per heavy atom. The first kappa shape index (κ1) is 24.3. The lowest BCUT2D eigenvalue weighted by atomic mass is 9.72. The molecule has 1 amide bonds. The van der Waals surface area contributed by atoms with Gasteiger partial charge in [-0.05, 0) is 67.3 Å². The third-order valence-electron chi connectivity index (χ3n) is 7.06. The zero-order valence-corrected chi connectivity index (χ0v) is 22.0. The molecule has 7 heteroatoms. The summed E-state index contributed by atoms with van der Waals surface area (Å²) in [5.41, 5.74) is 3.42. The number of furan rings is 1. The van der Waals surface area contributed by atoms with Gasteiger partial charge in [0, 0.05) is 10.3 Å². The maximum absolute atomic E-state index is 13.7. The number of anilines is 1. The second kappa shape index (κ2) is 9.21. The highest BCUT2D eigenvalue weighted by atomic mass is 32.1. The van der Waals surface area contributed by atoms with Crippen molar-refractivity contribution < 1.29 is 18.7 Å². The number of rotatable bonds is 4. The average molecular weight is 503 g/mol. The lowest BCUT2D eigenvalue weighted by molar-refractivity contribution is 0.0600. The summed E-state index contributed by atoms with van der Waals surface area (Å²) in [4.78, 5) is 32.4. The molecule has 186 valence electrons. The number of carbonyl (C=O) groups is 2. The van der Waals surface area contributed by atoms with Gasteiger partial charge in [-0.2, -0.15) is 0 Å². The molecule has 1 N–H and O–H groups in total. The van der Waals surface area contributed by atoms with Gasteiger partial charge in [0.05, 0.1) is 23.8 Å². The van der Waals surface area contributed by atoms with Crippen LogP contribution in [0.25, 0.3) is 22.4 Å². The number of pyridine rings is 1. The average Bonchev–Trinajstić information content (AvgIpc) is 3.44. The van der Waals surface area contributed by atoms with Gasteiger partial charge in [-0.1, -0.05) is 39.0 Å². The molecule has 3 heterocycles. The van der Waals surface area contributed by atoms with E-state index in [1.54, 1.807) is 6.07 Å². The number of nitrogens with one attached hydrogen (secondary N) is 1. The predicted octanol–water partition coefficient (Wildman–Crippen LogP) is 7.05. The van der Waals surface area contributed by atoms with E-state index in [4.69, 9.17) is 14.1 Å². The first-order chi connectivity index (χ1) is 17.2. The SMILES string of the molecule is COC(=O)c1c(NC(=O)c2cc(-c3ccc(C)o3)nc3ccccc23)sc2c1CC[C@H](C(C)(C)C)C2. The van der Waals surface area contributed by atoms with Crippen molar-refractivity contribution in [3.63, 3.8) is 0 Å². The predicted molar refractivity (Wildman–Crippen MR) is 143 cm³/mol. The van der Waals surface area contributed by atoms with Gasteiger partial charge in [0.15, 0.2) is 5.76 Å². The van der Waals surface area contributed by atoms with Crippen molar-refractivity contribution in [3.05, 3.63) is 69.8 Å². The molecule has 5 rings (SSSR count). The molecule has 4 aromatic rings. The Morgan fingerprint density at radius 2 is 1.94 bits per heavy atom. The van der Waals surface area contributed by atoms with Gasteiger partial charge in [-0.25, -0.2) is 9.78 Å². The first-order valence-electron chi connectivity index (χ1n) is 12.2. The number of amides is 1. The van der Waals surface area contributed by atoms with Crippen LogP contribution in [0.15, 0.2) is 46.9 Å². The summed E-state index contributed by atoms with van der Waals surface area (Å²) >= 11 is 1.49. The Hall–Kier alpha value is -3.45. The molecule has 0 saturated heterocycles. The van der Waals surface area contributed by atoms with E-state index in [0.29, 0.717) is 39.0 Å². The summed E-state index contributed by atoms with van der Waals surface area (Å²) in [5.74, 6) is 1.17. The number of benzene rings is 1. The largest absolute Gasteiger partial charge is 0.465 e. The molecular weight excluding hydrogens is 472 g/mol. The van der Waals surface area contributed by atoms with Crippen LogP contribution in [0.3, 0.4) is 0 Å². The number of hydrogen-bond acceptors (Lipinski definition) is 6. The minimum Gasteiger partial charge on any atom is -0.465 e. The van der Waals surface area contributed by atoms with Crippen molar-refractivity contribution in [2.75, 3.05) is 12.4 Å². The zero-order chi connectivity index (χ0) is 25.6. The van der Waals surface area contributed by atoms with Gasteiger partial charge in [0.25, 0.3) is 5.91 Å².